The lowest BCUT2D eigenvalue weighted by molar-refractivity contribution is 0.433. The molecule has 1 aromatic heterocycles. The first-order valence-electron chi connectivity index (χ1n) is 5.39. The third kappa shape index (κ3) is 2.20. The second-order valence-corrected chi connectivity index (χ2v) is 6.74. The fraction of sp³-hybridized carbons (Fsp3) is 0.778. The smallest absolute Gasteiger partial charge is 0.195 e. The summed E-state index contributed by atoms with van der Waals surface area (Å²) in [6, 6.07) is 0.185. The van der Waals surface area contributed by atoms with Gasteiger partial charge in [-0.3, -0.25) is 5.10 Å². The largest absolute Gasteiger partial charge is 0.301 e. The van der Waals surface area contributed by atoms with Crippen molar-refractivity contribution in [3.05, 3.63) is 10.6 Å². The number of aromatic amines is 1. The molecule has 0 saturated carbocycles. The first kappa shape index (κ1) is 11.8. The quantitative estimate of drug-likeness (QED) is 0.814. The highest BCUT2D eigenvalue weighted by Gasteiger charge is 2.26. The van der Waals surface area contributed by atoms with Gasteiger partial charge in [-0.15, -0.1) is 0 Å². The topological polar surface area (TPSA) is 67.8 Å². The molecule has 0 unspecified atom stereocenters. The van der Waals surface area contributed by atoms with Crippen molar-refractivity contribution in [1.82, 2.24) is 14.8 Å². The first-order valence-corrected chi connectivity index (χ1v) is 7.62. The van der Waals surface area contributed by atoms with Crippen molar-refractivity contribution >= 4 is 22.1 Å². The lowest BCUT2D eigenvalue weighted by Crippen LogP contribution is -2.26. The van der Waals surface area contributed by atoms with Gasteiger partial charge in [0.1, 0.15) is 15.7 Å². The molecule has 90 valence electrons. The van der Waals surface area contributed by atoms with E-state index in [1.807, 2.05) is 11.5 Å². The number of nitrogens with one attached hydrogen (secondary N) is 1. The molecule has 5 nitrogen and oxygen atoms in total. The minimum Gasteiger partial charge on any atom is -0.301 e. The predicted molar refractivity (Wildman–Crippen MR) is 63.7 cm³/mol. The van der Waals surface area contributed by atoms with Gasteiger partial charge in [-0.25, -0.2) is 8.42 Å². The minimum absolute atomic E-state index is 0.185. The number of sulfone groups is 1. The van der Waals surface area contributed by atoms with Crippen LogP contribution in [0.1, 0.15) is 31.6 Å². The van der Waals surface area contributed by atoms with Crippen molar-refractivity contribution in [2.24, 2.45) is 0 Å². The van der Waals surface area contributed by atoms with E-state index in [4.69, 9.17) is 12.2 Å². The molecule has 2 rings (SSSR count). The number of H-pyrrole nitrogens is 1. The first-order chi connectivity index (χ1) is 7.53. The van der Waals surface area contributed by atoms with Gasteiger partial charge < -0.3 is 4.57 Å². The molecule has 1 aliphatic rings. The average Bonchev–Trinajstić information content (AvgIpc) is 2.60. The van der Waals surface area contributed by atoms with Crippen molar-refractivity contribution in [2.45, 2.75) is 32.2 Å². The van der Waals surface area contributed by atoms with E-state index in [9.17, 15) is 8.42 Å². The van der Waals surface area contributed by atoms with Crippen LogP contribution in [0.25, 0.3) is 0 Å². The fourth-order valence-corrected chi connectivity index (χ4v) is 3.87. The molecule has 1 saturated heterocycles. The summed E-state index contributed by atoms with van der Waals surface area (Å²) < 4.78 is 25.3. The van der Waals surface area contributed by atoms with Gasteiger partial charge >= 0.3 is 0 Å². The van der Waals surface area contributed by atoms with Crippen LogP contribution < -0.4 is 0 Å². The van der Waals surface area contributed by atoms with Crippen LogP contribution in [-0.4, -0.2) is 34.7 Å². The maximum Gasteiger partial charge on any atom is 0.195 e. The molecule has 0 amide bonds. The lowest BCUT2D eigenvalue weighted by Gasteiger charge is -2.24. The maximum atomic E-state index is 11.3. The van der Waals surface area contributed by atoms with Crippen molar-refractivity contribution in [1.29, 1.82) is 0 Å². The summed E-state index contributed by atoms with van der Waals surface area (Å²) in [5, 5.41) is 6.91. The second kappa shape index (κ2) is 4.29. The SMILES string of the molecule is CCc1n[nH]c(=S)n1C1CCS(=O)(=O)CC1. The number of aromatic nitrogens is 3. The molecule has 16 heavy (non-hydrogen) atoms. The number of hydrogen-bond acceptors (Lipinski definition) is 4. The summed E-state index contributed by atoms with van der Waals surface area (Å²) in [7, 11) is -2.82. The number of hydrogen-bond donors (Lipinski definition) is 1. The third-order valence-electron chi connectivity index (χ3n) is 2.98. The molecule has 0 atom stereocenters. The zero-order valence-electron chi connectivity index (χ0n) is 9.14. The van der Waals surface area contributed by atoms with Crippen molar-refractivity contribution in [3.8, 4) is 0 Å². The van der Waals surface area contributed by atoms with E-state index in [-0.39, 0.29) is 17.5 Å². The molecule has 0 aliphatic carbocycles. The van der Waals surface area contributed by atoms with E-state index in [2.05, 4.69) is 10.2 Å². The maximum absolute atomic E-state index is 11.3. The molecule has 2 heterocycles. The van der Waals surface area contributed by atoms with Crippen LogP contribution in [0.3, 0.4) is 0 Å². The van der Waals surface area contributed by atoms with E-state index in [1.165, 1.54) is 0 Å². The highest BCUT2D eigenvalue weighted by Crippen LogP contribution is 2.25. The van der Waals surface area contributed by atoms with Crippen molar-refractivity contribution in [3.63, 3.8) is 0 Å². The molecule has 0 bridgehead atoms. The zero-order chi connectivity index (χ0) is 11.8. The van der Waals surface area contributed by atoms with Crippen LogP contribution in [0.2, 0.25) is 0 Å². The Balaban J connectivity index is 2.26. The number of aryl methyl sites for hydroxylation is 1. The minimum atomic E-state index is -2.82. The molecule has 0 radical (unpaired) electrons. The van der Waals surface area contributed by atoms with E-state index in [0.29, 0.717) is 17.6 Å². The van der Waals surface area contributed by atoms with E-state index in [0.717, 1.165) is 12.2 Å². The summed E-state index contributed by atoms with van der Waals surface area (Å²) in [6.45, 7) is 2.01. The molecule has 1 aliphatic heterocycles. The van der Waals surface area contributed by atoms with Gasteiger partial charge in [0.05, 0.1) is 11.5 Å². The van der Waals surface area contributed by atoms with Gasteiger partial charge in [-0.2, -0.15) is 5.10 Å². The molecule has 1 aromatic rings. The molecule has 1 N–H and O–H groups in total. The summed E-state index contributed by atoms with van der Waals surface area (Å²) in [5.74, 6) is 1.43. The molecule has 1 fully saturated rings. The average molecular weight is 261 g/mol. The van der Waals surface area contributed by atoms with Gasteiger partial charge in [0.25, 0.3) is 0 Å². The predicted octanol–water partition coefficient (Wildman–Crippen LogP) is 1.25. The Labute approximate surface area is 99.8 Å². The monoisotopic (exact) mass is 261 g/mol. The molecular formula is C9H15N3O2S2. The fourth-order valence-electron chi connectivity index (χ4n) is 2.10. The van der Waals surface area contributed by atoms with Gasteiger partial charge in [0.2, 0.25) is 0 Å². The van der Waals surface area contributed by atoms with Gasteiger partial charge in [0.15, 0.2) is 4.77 Å². The Hall–Kier alpha value is -0.690. The van der Waals surface area contributed by atoms with E-state index < -0.39 is 9.84 Å². The Bertz CT molecular complexity index is 515. The summed E-state index contributed by atoms with van der Waals surface area (Å²) in [6.07, 6.45) is 2.09. The Morgan fingerprint density at radius 1 is 1.50 bits per heavy atom. The normalized spacial score (nSPS) is 21.1. The summed E-state index contributed by atoms with van der Waals surface area (Å²) in [5.41, 5.74) is 0. The molecule has 7 heteroatoms. The Morgan fingerprint density at radius 3 is 2.69 bits per heavy atom. The second-order valence-electron chi connectivity index (χ2n) is 4.05. The van der Waals surface area contributed by atoms with Crippen LogP contribution in [0.15, 0.2) is 0 Å². The van der Waals surface area contributed by atoms with Gasteiger partial charge in [-0.05, 0) is 25.1 Å². The van der Waals surface area contributed by atoms with E-state index >= 15 is 0 Å². The van der Waals surface area contributed by atoms with Crippen molar-refractivity contribution in [2.75, 3.05) is 11.5 Å². The van der Waals surface area contributed by atoms with Crippen LogP contribution in [0.5, 0.6) is 0 Å². The molecule has 0 aromatic carbocycles. The van der Waals surface area contributed by atoms with Crippen LogP contribution in [-0.2, 0) is 16.3 Å². The highest BCUT2D eigenvalue weighted by atomic mass is 32.2. The van der Waals surface area contributed by atoms with Crippen LogP contribution >= 0.6 is 12.2 Å². The molecular weight excluding hydrogens is 246 g/mol. The van der Waals surface area contributed by atoms with Crippen LogP contribution in [0.4, 0.5) is 0 Å². The Morgan fingerprint density at radius 2 is 2.12 bits per heavy atom. The van der Waals surface area contributed by atoms with Gasteiger partial charge in [-0.1, -0.05) is 6.92 Å². The third-order valence-corrected chi connectivity index (χ3v) is 4.99. The summed E-state index contributed by atoms with van der Waals surface area (Å²) >= 11 is 5.17. The van der Waals surface area contributed by atoms with Gasteiger partial charge in [0, 0.05) is 12.5 Å². The number of nitrogens with zero attached hydrogens (tertiary/aromatic N) is 2. The Kier molecular flexibility index (Phi) is 3.16. The zero-order valence-corrected chi connectivity index (χ0v) is 10.8. The standard InChI is InChI=1S/C9H15N3O2S2/c1-2-8-10-11-9(15)12(8)7-3-5-16(13,14)6-4-7/h7H,2-6H2,1H3,(H,11,15). The van der Waals surface area contributed by atoms with Crippen molar-refractivity contribution < 1.29 is 8.42 Å². The summed E-state index contributed by atoms with van der Waals surface area (Å²) in [4.78, 5) is 0. The molecule has 0 spiro atoms. The highest BCUT2D eigenvalue weighted by molar-refractivity contribution is 7.91. The van der Waals surface area contributed by atoms with E-state index in [1.54, 1.807) is 0 Å². The lowest BCUT2D eigenvalue weighted by atomic mass is 10.1. The van der Waals surface area contributed by atoms with Crippen LogP contribution in [0, 0.1) is 4.77 Å². The number of rotatable bonds is 2.